The molecule has 3 nitrogen and oxygen atoms in total. The zero-order valence-corrected chi connectivity index (χ0v) is 18.8. The Balaban J connectivity index is 1.43. The lowest BCUT2D eigenvalue weighted by molar-refractivity contribution is 0.0609. The van der Waals surface area contributed by atoms with Crippen LogP contribution < -0.4 is 0 Å². The quantitative estimate of drug-likeness (QED) is 0.323. The smallest absolute Gasteiger partial charge is 0.254 e. The molecule has 0 aliphatic heterocycles. The second-order valence-electron chi connectivity index (χ2n) is 9.04. The fourth-order valence-electron chi connectivity index (χ4n) is 4.96. The Labute approximate surface area is 194 Å². The molecule has 4 aromatic rings. The molecule has 1 aliphatic rings. The summed E-state index contributed by atoms with van der Waals surface area (Å²) in [5.74, 6) is -0.127. The molecule has 1 aliphatic carbocycles. The van der Waals surface area contributed by atoms with Crippen LogP contribution in [0.1, 0.15) is 53.7 Å². The number of amides is 1. The van der Waals surface area contributed by atoms with Gasteiger partial charge in [0, 0.05) is 30.0 Å². The highest BCUT2D eigenvalue weighted by Gasteiger charge is 2.27. The van der Waals surface area contributed by atoms with Crippen molar-refractivity contribution in [2.24, 2.45) is 0 Å². The summed E-state index contributed by atoms with van der Waals surface area (Å²) in [6.07, 6.45) is 7.73. The second kappa shape index (κ2) is 9.62. The van der Waals surface area contributed by atoms with Crippen LogP contribution in [0.2, 0.25) is 0 Å². The third-order valence-electron chi connectivity index (χ3n) is 6.79. The van der Waals surface area contributed by atoms with E-state index in [1.807, 2.05) is 54.7 Å². The molecule has 0 N–H and O–H groups in total. The van der Waals surface area contributed by atoms with Crippen LogP contribution in [0.5, 0.6) is 0 Å². The van der Waals surface area contributed by atoms with Crippen LogP contribution in [0.15, 0.2) is 85.1 Å². The van der Waals surface area contributed by atoms with E-state index in [9.17, 15) is 9.18 Å². The maximum Gasteiger partial charge on any atom is 0.254 e. The van der Waals surface area contributed by atoms with E-state index in [0.29, 0.717) is 13.1 Å². The molecule has 5 rings (SSSR count). The number of fused-ring (bicyclic) bond motifs is 1. The number of hydrogen-bond donors (Lipinski definition) is 0. The first-order valence-electron chi connectivity index (χ1n) is 11.9. The zero-order valence-electron chi connectivity index (χ0n) is 18.8. The Bertz CT molecular complexity index is 1240. The van der Waals surface area contributed by atoms with Gasteiger partial charge in [-0.15, -0.1) is 0 Å². The van der Waals surface area contributed by atoms with Gasteiger partial charge in [0.25, 0.3) is 5.91 Å². The van der Waals surface area contributed by atoms with Crippen molar-refractivity contribution in [2.45, 2.75) is 51.2 Å². The van der Waals surface area contributed by atoms with Crippen LogP contribution in [-0.2, 0) is 13.1 Å². The largest absolute Gasteiger partial charge is 0.345 e. The van der Waals surface area contributed by atoms with E-state index in [4.69, 9.17) is 0 Å². The van der Waals surface area contributed by atoms with E-state index in [2.05, 4.69) is 27.7 Å². The Morgan fingerprint density at radius 3 is 2.42 bits per heavy atom. The van der Waals surface area contributed by atoms with E-state index in [-0.39, 0.29) is 17.8 Å². The van der Waals surface area contributed by atoms with E-state index < -0.39 is 0 Å². The minimum absolute atomic E-state index is 0.0992. The first kappa shape index (κ1) is 21.4. The highest BCUT2D eigenvalue weighted by molar-refractivity contribution is 5.98. The van der Waals surface area contributed by atoms with Gasteiger partial charge in [-0.2, -0.15) is 0 Å². The number of halogens is 1. The highest BCUT2D eigenvalue weighted by atomic mass is 19.1. The Kier molecular flexibility index (Phi) is 6.25. The molecule has 4 heteroatoms. The third kappa shape index (κ3) is 4.85. The summed E-state index contributed by atoms with van der Waals surface area (Å²) in [6, 6.07) is 25.2. The molecule has 0 saturated heterocycles. The molecule has 1 aromatic heterocycles. The molecule has 33 heavy (non-hydrogen) atoms. The first-order chi connectivity index (χ1) is 16.2. The first-order valence-corrected chi connectivity index (χ1v) is 11.9. The standard InChI is InChI=1S/C29H29FN2O/c30-26-16-12-22(13-17-26)20-31-18-6-11-28(31)21-32(27-9-2-1-3-10-27)29(33)25-15-14-23-7-4-5-8-24(23)19-25/h4-8,11-19,27H,1-3,9-10,20-21H2. The van der Waals surface area contributed by atoms with Gasteiger partial charge >= 0.3 is 0 Å². The van der Waals surface area contributed by atoms with Crippen molar-refractivity contribution >= 4 is 16.7 Å². The van der Waals surface area contributed by atoms with Crippen LogP contribution in [0.4, 0.5) is 4.39 Å². The Morgan fingerprint density at radius 2 is 1.64 bits per heavy atom. The zero-order chi connectivity index (χ0) is 22.6. The lowest BCUT2D eigenvalue weighted by Crippen LogP contribution is -2.41. The number of hydrogen-bond acceptors (Lipinski definition) is 1. The summed E-state index contributed by atoms with van der Waals surface area (Å²) < 4.78 is 15.5. The molecule has 0 unspecified atom stereocenters. The highest BCUT2D eigenvalue weighted by Crippen LogP contribution is 2.27. The average Bonchev–Trinajstić information content (AvgIpc) is 3.30. The van der Waals surface area contributed by atoms with Crippen molar-refractivity contribution in [3.63, 3.8) is 0 Å². The summed E-state index contributed by atoms with van der Waals surface area (Å²) in [6.45, 7) is 1.23. The monoisotopic (exact) mass is 440 g/mol. The molecule has 3 aromatic carbocycles. The molecule has 0 bridgehead atoms. The van der Waals surface area contributed by atoms with Gasteiger partial charge < -0.3 is 9.47 Å². The topological polar surface area (TPSA) is 25.2 Å². The van der Waals surface area contributed by atoms with E-state index in [1.165, 1.54) is 31.4 Å². The molecule has 0 radical (unpaired) electrons. The number of carbonyl (C=O) groups is 1. The van der Waals surface area contributed by atoms with Crippen LogP contribution >= 0.6 is 0 Å². The van der Waals surface area contributed by atoms with Gasteiger partial charge in [-0.05, 0) is 65.6 Å². The minimum Gasteiger partial charge on any atom is -0.345 e. The van der Waals surface area contributed by atoms with Crippen LogP contribution in [-0.4, -0.2) is 21.4 Å². The van der Waals surface area contributed by atoms with Gasteiger partial charge in [-0.1, -0.05) is 61.7 Å². The van der Waals surface area contributed by atoms with Gasteiger partial charge in [0.15, 0.2) is 0 Å². The van der Waals surface area contributed by atoms with Crippen molar-refractivity contribution < 1.29 is 9.18 Å². The van der Waals surface area contributed by atoms with Crippen molar-refractivity contribution in [3.8, 4) is 0 Å². The van der Waals surface area contributed by atoms with E-state index in [0.717, 1.165) is 40.4 Å². The fraction of sp³-hybridized carbons (Fsp3) is 0.276. The molecule has 1 fully saturated rings. The van der Waals surface area contributed by atoms with Crippen LogP contribution in [0.25, 0.3) is 10.8 Å². The fourth-order valence-corrected chi connectivity index (χ4v) is 4.96. The van der Waals surface area contributed by atoms with Gasteiger partial charge in [-0.25, -0.2) is 4.39 Å². The number of carbonyl (C=O) groups excluding carboxylic acids is 1. The predicted octanol–water partition coefficient (Wildman–Crippen LogP) is 6.80. The molecule has 1 heterocycles. The van der Waals surface area contributed by atoms with Crippen molar-refractivity contribution in [1.29, 1.82) is 0 Å². The molecular weight excluding hydrogens is 411 g/mol. The molecular formula is C29H29FN2O. The van der Waals surface area contributed by atoms with Crippen LogP contribution in [0.3, 0.4) is 0 Å². The van der Waals surface area contributed by atoms with E-state index in [1.54, 1.807) is 0 Å². The van der Waals surface area contributed by atoms with E-state index >= 15 is 0 Å². The third-order valence-corrected chi connectivity index (χ3v) is 6.79. The summed E-state index contributed by atoms with van der Waals surface area (Å²) >= 11 is 0. The van der Waals surface area contributed by atoms with Gasteiger partial charge in [0.05, 0.1) is 6.54 Å². The number of aromatic nitrogens is 1. The minimum atomic E-state index is -0.226. The predicted molar refractivity (Wildman–Crippen MR) is 131 cm³/mol. The van der Waals surface area contributed by atoms with Gasteiger partial charge in [0.1, 0.15) is 5.82 Å². The maximum absolute atomic E-state index is 13.8. The molecule has 1 amide bonds. The molecule has 168 valence electrons. The van der Waals surface area contributed by atoms with Crippen molar-refractivity contribution in [2.75, 3.05) is 0 Å². The normalized spacial score (nSPS) is 14.5. The lowest BCUT2D eigenvalue weighted by atomic mass is 9.93. The lowest BCUT2D eigenvalue weighted by Gasteiger charge is -2.35. The SMILES string of the molecule is O=C(c1ccc2ccccc2c1)N(Cc1cccn1Cc1ccc(F)cc1)C1CCCCC1. The van der Waals surface area contributed by atoms with Crippen molar-refractivity contribution in [1.82, 2.24) is 9.47 Å². The van der Waals surface area contributed by atoms with Crippen LogP contribution in [0, 0.1) is 5.82 Å². The van der Waals surface area contributed by atoms with Gasteiger partial charge in [0.2, 0.25) is 0 Å². The van der Waals surface area contributed by atoms with Gasteiger partial charge in [-0.3, -0.25) is 4.79 Å². The average molecular weight is 441 g/mol. The Hall–Kier alpha value is -3.40. The molecule has 0 atom stereocenters. The molecule has 0 spiro atoms. The summed E-state index contributed by atoms with van der Waals surface area (Å²) in [4.78, 5) is 15.9. The number of rotatable bonds is 6. The summed E-state index contributed by atoms with van der Waals surface area (Å²) in [5, 5.41) is 2.23. The Morgan fingerprint density at radius 1 is 0.879 bits per heavy atom. The second-order valence-corrected chi connectivity index (χ2v) is 9.04. The summed E-state index contributed by atoms with van der Waals surface area (Å²) in [7, 11) is 0. The molecule has 1 saturated carbocycles. The number of nitrogens with zero attached hydrogens (tertiary/aromatic N) is 2. The number of benzene rings is 3. The van der Waals surface area contributed by atoms with Crippen molar-refractivity contribution in [3.05, 3.63) is 108 Å². The summed E-state index contributed by atoms with van der Waals surface area (Å²) in [5.41, 5.74) is 2.88. The maximum atomic E-state index is 13.8.